The van der Waals surface area contributed by atoms with Crippen molar-refractivity contribution in [3.05, 3.63) is 48.0 Å². The Morgan fingerprint density at radius 1 is 1.06 bits per heavy atom. The van der Waals surface area contributed by atoms with Crippen LogP contribution in [0.5, 0.6) is 17.2 Å². The molecule has 0 spiro atoms. The number of anilines is 1. The van der Waals surface area contributed by atoms with E-state index in [1.807, 2.05) is 49.4 Å². The van der Waals surface area contributed by atoms with E-state index in [0.717, 1.165) is 56.4 Å². The zero-order valence-corrected chi connectivity index (χ0v) is 20.0. The van der Waals surface area contributed by atoms with Crippen LogP contribution in [-0.4, -0.2) is 75.1 Å². The lowest BCUT2D eigenvalue weighted by Gasteiger charge is -2.31. The number of benzene rings is 2. The number of rotatable bonds is 10. The largest absolute Gasteiger partial charge is 0.493 e. The van der Waals surface area contributed by atoms with Crippen LogP contribution in [0, 0.1) is 0 Å². The molecule has 7 nitrogen and oxygen atoms in total. The number of nitrogens with one attached hydrogen (secondary N) is 1. The van der Waals surface area contributed by atoms with Crippen molar-refractivity contribution in [1.82, 2.24) is 9.80 Å². The van der Waals surface area contributed by atoms with Crippen molar-refractivity contribution >= 4 is 23.0 Å². The van der Waals surface area contributed by atoms with Gasteiger partial charge < -0.3 is 29.2 Å². The summed E-state index contributed by atoms with van der Waals surface area (Å²) in [6, 6.07) is 13.8. The van der Waals surface area contributed by atoms with E-state index in [4.69, 9.17) is 31.2 Å². The molecular weight excluding hydrogens is 426 g/mol. The number of methoxy groups -OCH3 is 2. The van der Waals surface area contributed by atoms with Crippen molar-refractivity contribution in [3.63, 3.8) is 0 Å². The van der Waals surface area contributed by atoms with E-state index in [2.05, 4.69) is 15.1 Å². The number of morpholine rings is 1. The van der Waals surface area contributed by atoms with Gasteiger partial charge in [0.25, 0.3) is 0 Å². The fourth-order valence-corrected chi connectivity index (χ4v) is 3.85. The van der Waals surface area contributed by atoms with Crippen molar-refractivity contribution in [2.24, 2.45) is 0 Å². The molecule has 0 atom stereocenters. The van der Waals surface area contributed by atoms with Gasteiger partial charge in [-0.05, 0) is 49.0 Å². The van der Waals surface area contributed by atoms with E-state index in [1.165, 1.54) is 0 Å². The maximum Gasteiger partial charge on any atom is 0.173 e. The van der Waals surface area contributed by atoms with Crippen molar-refractivity contribution < 1.29 is 18.9 Å². The van der Waals surface area contributed by atoms with Gasteiger partial charge >= 0.3 is 0 Å². The minimum atomic E-state index is 0.595. The first-order chi connectivity index (χ1) is 15.6. The van der Waals surface area contributed by atoms with Gasteiger partial charge in [0.2, 0.25) is 0 Å². The lowest BCUT2D eigenvalue weighted by molar-refractivity contribution is 0.0358. The Bertz CT molecular complexity index is 874. The maximum atomic E-state index is 5.84. The van der Waals surface area contributed by atoms with Gasteiger partial charge in [-0.25, -0.2) is 0 Å². The van der Waals surface area contributed by atoms with Crippen LogP contribution in [0.1, 0.15) is 12.5 Å². The highest BCUT2D eigenvalue weighted by Crippen LogP contribution is 2.28. The van der Waals surface area contributed by atoms with Crippen LogP contribution in [0.25, 0.3) is 0 Å². The predicted molar refractivity (Wildman–Crippen MR) is 131 cm³/mol. The smallest absolute Gasteiger partial charge is 0.173 e. The van der Waals surface area contributed by atoms with E-state index >= 15 is 0 Å². The summed E-state index contributed by atoms with van der Waals surface area (Å²) in [5.41, 5.74) is 1.95. The second-order valence-electron chi connectivity index (χ2n) is 7.42. The first-order valence-electron chi connectivity index (χ1n) is 10.9. The first kappa shape index (κ1) is 24.1. The summed E-state index contributed by atoms with van der Waals surface area (Å²) in [4.78, 5) is 4.58. The fourth-order valence-electron chi connectivity index (χ4n) is 3.58. The molecule has 0 amide bonds. The topological polar surface area (TPSA) is 55.4 Å². The molecule has 2 aromatic carbocycles. The minimum Gasteiger partial charge on any atom is -0.493 e. The van der Waals surface area contributed by atoms with E-state index in [0.29, 0.717) is 29.8 Å². The number of nitrogens with zero attached hydrogens (tertiary/aromatic N) is 2. The van der Waals surface area contributed by atoms with Crippen molar-refractivity contribution in [2.75, 3.05) is 65.5 Å². The van der Waals surface area contributed by atoms with Crippen LogP contribution in [0.2, 0.25) is 0 Å². The van der Waals surface area contributed by atoms with Crippen LogP contribution >= 0.6 is 12.2 Å². The number of para-hydroxylation sites is 2. The van der Waals surface area contributed by atoms with E-state index in [-0.39, 0.29) is 0 Å². The third-order valence-corrected chi connectivity index (χ3v) is 5.69. The number of ether oxygens (including phenoxy) is 4. The van der Waals surface area contributed by atoms with Crippen molar-refractivity contribution in [2.45, 2.75) is 13.5 Å². The van der Waals surface area contributed by atoms with E-state index in [1.54, 1.807) is 14.2 Å². The van der Waals surface area contributed by atoms with Crippen LogP contribution < -0.4 is 19.5 Å². The highest BCUT2D eigenvalue weighted by atomic mass is 32.1. The molecule has 1 aliphatic heterocycles. The predicted octanol–water partition coefficient (Wildman–Crippen LogP) is 3.63. The molecule has 0 saturated carbocycles. The van der Waals surface area contributed by atoms with Gasteiger partial charge in [0.15, 0.2) is 16.6 Å². The molecule has 174 valence electrons. The molecule has 0 radical (unpaired) electrons. The first-order valence-corrected chi connectivity index (χ1v) is 11.3. The molecule has 0 unspecified atom stereocenters. The lowest BCUT2D eigenvalue weighted by atomic mass is 10.2. The third kappa shape index (κ3) is 6.72. The number of hydrogen-bond donors (Lipinski definition) is 1. The fraction of sp³-hybridized carbons (Fsp3) is 0.458. The molecule has 1 aliphatic rings. The summed E-state index contributed by atoms with van der Waals surface area (Å²) < 4.78 is 22.1. The average Bonchev–Trinajstić information content (AvgIpc) is 2.83. The highest BCUT2D eigenvalue weighted by molar-refractivity contribution is 7.80. The van der Waals surface area contributed by atoms with Crippen LogP contribution in [0.3, 0.4) is 0 Å². The Hall–Kier alpha value is -2.55. The molecule has 1 saturated heterocycles. The summed E-state index contributed by atoms with van der Waals surface area (Å²) in [6.45, 7) is 8.35. The zero-order valence-electron chi connectivity index (χ0n) is 19.1. The van der Waals surface area contributed by atoms with Crippen LogP contribution in [0.4, 0.5) is 5.69 Å². The van der Waals surface area contributed by atoms with Gasteiger partial charge in [-0.15, -0.1) is 0 Å². The molecule has 32 heavy (non-hydrogen) atoms. The lowest BCUT2D eigenvalue weighted by Crippen LogP contribution is -2.44. The van der Waals surface area contributed by atoms with Crippen molar-refractivity contribution in [1.29, 1.82) is 0 Å². The molecule has 8 heteroatoms. The minimum absolute atomic E-state index is 0.595. The Morgan fingerprint density at radius 2 is 1.81 bits per heavy atom. The highest BCUT2D eigenvalue weighted by Gasteiger charge is 2.17. The molecule has 0 aliphatic carbocycles. The zero-order chi connectivity index (χ0) is 22.8. The Kier molecular flexibility index (Phi) is 9.40. The summed E-state index contributed by atoms with van der Waals surface area (Å²) >= 11 is 5.84. The SMILES string of the molecule is CCOc1ccccc1NC(=S)N(CCN1CCOCC1)Cc1ccc(OC)c(OC)c1. The molecule has 1 heterocycles. The molecular formula is C24H33N3O4S. The molecule has 1 N–H and O–H groups in total. The van der Waals surface area contributed by atoms with Crippen molar-refractivity contribution in [3.8, 4) is 17.2 Å². The Balaban J connectivity index is 1.76. The third-order valence-electron chi connectivity index (χ3n) is 5.33. The number of thiocarbonyl (C=S) groups is 1. The van der Waals surface area contributed by atoms with Crippen LogP contribution in [-0.2, 0) is 11.3 Å². The Morgan fingerprint density at radius 3 is 2.53 bits per heavy atom. The molecule has 1 fully saturated rings. The average molecular weight is 460 g/mol. The monoisotopic (exact) mass is 459 g/mol. The maximum absolute atomic E-state index is 5.84. The van der Waals surface area contributed by atoms with E-state index in [9.17, 15) is 0 Å². The second kappa shape index (κ2) is 12.5. The van der Waals surface area contributed by atoms with Gasteiger partial charge in [-0.2, -0.15) is 0 Å². The quantitative estimate of drug-likeness (QED) is 0.541. The molecule has 3 rings (SSSR count). The van der Waals surface area contributed by atoms with Gasteiger partial charge in [0, 0.05) is 32.7 Å². The standard InChI is InChI=1S/C24H33N3O4S/c1-4-31-21-8-6-5-7-20(21)25-24(32)27(12-11-26-13-15-30-16-14-26)18-19-9-10-22(28-2)23(17-19)29-3/h5-10,17H,4,11-16,18H2,1-3H3,(H,25,32). The molecule has 0 aromatic heterocycles. The Labute approximate surface area is 196 Å². The summed E-state index contributed by atoms with van der Waals surface area (Å²) in [5.74, 6) is 2.21. The second-order valence-corrected chi connectivity index (χ2v) is 7.81. The number of hydrogen-bond acceptors (Lipinski definition) is 6. The van der Waals surface area contributed by atoms with Gasteiger partial charge in [-0.3, -0.25) is 4.90 Å². The summed E-state index contributed by atoms with van der Waals surface area (Å²) in [6.07, 6.45) is 0. The molecule has 2 aromatic rings. The summed E-state index contributed by atoms with van der Waals surface area (Å²) in [7, 11) is 3.29. The van der Waals surface area contributed by atoms with Crippen LogP contribution in [0.15, 0.2) is 42.5 Å². The van der Waals surface area contributed by atoms with Gasteiger partial charge in [0.05, 0.1) is 39.7 Å². The molecule has 0 bridgehead atoms. The van der Waals surface area contributed by atoms with E-state index < -0.39 is 0 Å². The normalized spacial score (nSPS) is 14.0. The summed E-state index contributed by atoms with van der Waals surface area (Å²) in [5, 5.41) is 4.04. The van der Waals surface area contributed by atoms with Gasteiger partial charge in [0.1, 0.15) is 5.75 Å². The van der Waals surface area contributed by atoms with Gasteiger partial charge in [-0.1, -0.05) is 18.2 Å².